The fraction of sp³-hybridized carbons (Fsp3) is 0.533. The number of fused-ring (bicyclic) bond motifs is 1. The number of nitrogens with one attached hydrogen (secondary N) is 2. The van der Waals surface area contributed by atoms with Crippen LogP contribution in [0.3, 0.4) is 0 Å². The fourth-order valence-corrected chi connectivity index (χ4v) is 2.85. The summed E-state index contributed by atoms with van der Waals surface area (Å²) in [5.41, 5.74) is 3.32. The van der Waals surface area contributed by atoms with E-state index >= 15 is 0 Å². The minimum atomic E-state index is 0.0747. The summed E-state index contributed by atoms with van der Waals surface area (Å²) in [6.45, 7) is 3.33. The lowest BCUT2D eigenvalue weighted by atomic mass is 9.94. The van der Waals surface area contributed by atoms with E-state index in [2.05, 4.69) is 16.7 Å². The number of benzene rings is 1. The van der Waals surface area contributed by atoms with Crippen molar-refractivity contribution in [2.45, 2.75) is 31.8 Å². The van der Waals surface area contributed by atoms with Crippen LogP contribution in [0.15, 0.2) is 18.2 Å². The molecule has 2 aliphatic rings. The van der Waals surface area contributed by atoms with Crippen LogP contribution in [0.1, 0.15) is 34.3 Å². The summed E-state index contributed by atoms with van der Waals surface area (Å²) in [7, 11) is 0. The maximum atomic E-state index is 12.4. The Hall–Kier alpha value is -1.39. The van der Waals surface area contributed by atoms with Crippen molar-refractivity contribution in [3.63, 3.8) is 0 Å². The highest BCUT2D eigenvalue weighted by molar-refractivity contribution is 5.96. The number of carbonyl (C=O) groups is 1. The highest BCUT2D eigenvalue weighted by Gasteiger charge is 2.21. The maximum Gasteiger partial charge on any atom is 0.251 e. The number of carbonyl (C=O) groups excluding carboxylic acids is 1. The van der Waals surface area contributed by atoms with E-state index in [0.29, 0.717) is 0 Å². The smallest absolute Gasteiger partial charge is 0.251 e. The molecule has 2 heterocycles. The third kappa shape index (κ3) is 2.80. The van der Waals surface area contributed by atoms with E-state index in [4.69, 9.17) is 4.74 Å². The van der Waals surface area contributed by atoms with Gasteiger partial charge in [0.2, 0.25) is 0 Å². The number of hydrogen-bond donors (Lipinski definition) is 2. The van der Waals surface area contributed by atoms with Gasteiger partial charge in [-0.3, -0.25) is 4.79 Å². The first kappa shape index (κ1) is 12.6. The van der Waals surface area contributed by atoms with Crippen LogP contribution < -0.4 is 10.6 Å². The van der Waals surface area contributed by atoms with Crippen molar-refractivity contribution in [1.82, 2.24) is 10.6 Å². The van der Waals surface area contributed by atoms with Crippen LogP contribution in [0, 0.1) is 0 Å². The molecule has 0 saturated carbocycles. The summed E-state index contributed by atoms with van der Waals surface area (Å²) < 4.78 is 5.32. The van der Waals surface area contributed by atoms with Gasteiger partial charge in [-0.2, -0.15) is 0 Å². The van der Waals surface area contributed by atoms with Gasteiger partial charge in [-0.15, -0.1) is 0 Å². The number of amides is 1. The van der Waals surface area contributed by atoms with Crippen LogP contribution in [0.4, 0.5) is 0 Å². The number of ether oxygens (including phenoxy) is 1. The molecule has 0 aromatic heterocycles. The number of rotatable bonds is 2. The molecule has 0 spiro atoms. The summed E-state index contributed by atoms with van der Waals surface area (Å²) in [5, 5.41) is 6.49. The quantitative estimate of drug-likeness (QED) is 0.841. The Bertz CT molecular complexity index is 467. The topological polar surface area (TPSA) is 50.4 Å². The van der Waals surface area contributed by atoms with Gasteiger partial charge in [-0.25, -0.2) is 0 Å². The highest BCUT2D eigenvalue weighted by Crippen LogP contribution is 2.19. The predicted octanol–water partition coefficient (Wildman–Crippen LogP) is 1.24. The molecule has 1 saturated heterocycles. The first-order valence-corrected chi connectivity index (χ1v) is 7.04. The van der Waals surface area contributed by atoms with Crippen LogP contribution in [-0.4, -0.2) is 31.7 Å². The summed E-state index contributed by atoms with van der Waals surface area (Å²) in [5.74, 6) is 0.0747. The molecule has 4 nitrogen and oxygen atoms in total. The second-order valence-electron chi connectivity index (χ2n) is 5.23. The Labute approximate surface area is 113 Å². The zero-order valence-corrected chi connectivity index (χ0v) is 11.1. The van der Waals surface area contributed by atoms with Crippen LogP contribution in [-0.2, 0) is 17.7 Å². The molecule has 2 aliphatic heterocycles. The van der Waals surface area contributed by atoms with E-state index in [1.54, 1.807) is 0 Å². The van der Waals surface area contributed by atoms with Crippen molar-refractivity contribution < 1.29 is 9.53 Å². The molecule has 1 amide bonds. The zero-order chi connectivity index (χ0) is 13.1. The second-order valence-corrected chi connectivity index (χ2v) is 5.23. The monoisotopic (exact) mass is 260 g/mol. The van der Waals surface area contributed by atoms with Gasteiger partial charge in [-0.1, -0.05) is 12.1 Å². The molecule has 3 rings (SSSR count). The summed E-state index contributed by atoms with van der Waals surface area (Å²) in [6.07, 6.45) is 2.78. The third-order valence-electron chi connectivity index (χ3n) is 3.94. The average Bonchev–Trinajstić information content (AvgIpc) is 2.47. The van der Waals surface area contributed by atoms with Crippen LogP contribution in [0.5, 0.6) is 0 Å². The van der Waals surface area contributed by atoms with E-state index in [1.165, 1.54) is 11.1 Å². The van der Waals surface area contributed by atoms with E-state index in [0.717, 1.165) is 51.1 Å². The van der Waals surface area contributed by atoms with E-state index in [9.17, 15) is 4.79 Å². The fourth-order valence-electron chi connectivity index (χ4n) is 2.85. The van der Waals surface area contributed by atoms with Gasteiger partial charge in [0, 0.05) is 31.4 Å². The third-order valence-corrected chi connectivity index (χ3v) is 3.94. The first-order chi connectivity index (χ1) is 9.34. The van der Waals surface area contributed by atoms with Crippen LogP contribution in [0.25, 0.3) is 0 Å². The summed E-state index contributed by atoms with van der Waals surface area (Å²) in [4.78, 5) is 12.4. The van der Waals surface area contributed by atoms with Crippen molar-refractivity contribution in [3.8, 4) is 0 Å². The van der Waals surface area contributed by atoms with Gasteiger partial charge in [0.15, 0.2) is 0 Å². The van der Waals surface area contributed by atoms with E-state index in [-0.39, 0.29) is 11.9 Å². The summed E-state index contributed by atoms with van der Waals surface area (Å²) in [6, 6.07) is 6.29. The zero-order valence-electron chi connectivity index (χ0n) is 11.1. The first-order valence-electron chi connectivity index (χ1n) is 7.04. The second kappa shape index (κ2) is 5.72. The molecule has 0 aliphatic carbocycles. The minimum absolute atomic E-state index is 0.0747. The molecule has 0 bridgehead atoms. The van der Waals surface area contributed by atoms with Gasteiger partial charge in [-0.05, 0) is 43.0 Å². The lowest BCUT2D eigenvalue weighted by Crippen LogP contribution is -2.39. The van der Waals surface area contributed by atoms with Crippen molar-refractivity contribution >= 4 is 5.91 Å². The standard InChI is InChI=1S/C15H20N2O2/c18-15(17-12-5-8-19-9-6-12)14-3-1-2-11-10-16-7-4-13(11)14/h1-3,12,16H,4-10H2,(H,17,18). The Morgan fingerprint density at radius 1 is 1.32 bits per heavy atom. The molecule has 1 aromatic rings. The molecular weight excluding hydrogens is 240 g/mol. The molecule has 0 atom stereocenters. The lowest BCUT2D eigenvalue weighted by Gasteiger charge is -2.25. The van der Waals surface area contributed by atoms with Crippen LogP contribution >= 0.6 is 0 Å². The van der Waals surface area contributed by atoms with E-state index in [1.807, 2.05) is 12.1 Å². The maximum absolute atomic E-state index is 12.4. The SMILES string of the molecule is O=C(NC1CCOCC1)c1cccc2c1CCNC2. The van der Waals surface area contributed by atoms with Crippen molar-refractivity contribution in [3.05, 3.63) is 34.9 Å². The Balaban J connectivity index is 1.75. The molecule has 1 aromatic carbocycles. The molecule has 4 heteroatoms. The molecule has 102 valence electrons. The summed E-state index contributed by atoms with van der Waals surface area (Å²) >= 11 is 0. The largest absolute Gasteiger partial charge is 0.381 e. The number of hydrogen-bond acceptors (Lipinski definition) is 3. The van der Waals surface area contributed by atoms with Crippen molar-refractivity contribution in [2.75, 3.05) is 19.8 Å². The molecule has 0 radical (unpaired) electrons. The van der Waals surface area contributed by atoms with E-state index < -0.39 is 0 Å². The van der Waals surface area contributed by atoms with Crippen molar-refractivity contribution in [2.24, 2.45) is 0 Å². The molecule has 1 fully saturated rings. The molecule has 0 unspecified atom stereocenters. The van der Waals surface area contributed by atoms with Crippen molar-refractivity contribution in [1.29, 1.82) is 0 Å². The minimum Gasteiger partial charge on any atom is -0.381 e. The Morgan fingerprint density at radius 2 is 2.16 bits per heavy atom. The molecule has 2 N–H and O–H groups in total. The van der Waals surface area contributed by atoms with Crippen LogP contribution in [0.2, 0.25) is 0 Å². The Kier molecular flexibility index (Phi) is 3.80. The molecular formula is C15H20N2O2. The van der Waals surface area contributed by atoms with Gasteiger partial charge in [0.1, 0.15) is 0 Å². The van der Waals surface area contributed by atoms with Gasteiger partial charge < -0.3 is 15.4 Å². The highest BCUT2D eigenvalue weighted by atomic mass is 16.5. The van der Waals surface area contributed by atoms with Gasteiger partial charge in [0.05, 0.1) is 0 Å². The molecule has 19 heavy (non-hydrogen) atoms. The van der Waals surface area contributed by atoms with Gasteiger partial charge >= 0.3 is 0 Å². The average molecular weight is 260 g/mol. The lowest BCUT2D eigenvalue weighted by molar-refractivity contribution is 0.0696. The normalized spacial score (nSPS) is 19.8. The predicted molar refractivity (Wildman–Crippen MR) is 73.2 cm³/mol. The van der Waals surface area contributed by atoms with Gasteiger partial charge in [0.25, 0.3) is 5.91 Å². The Morgan fingerprint density at radius 3 is 3.00 bits per heavy atom.